The van der Waals surface area contributed by atoms with Gasteiger partial charge in [-0.1, -0.05) is 24.3 Å². The van der Waals surface area contributed by atoms with Crippen molar-refractivity contribution in [3.05, 3.63) is 29.8 Å². The minimum atomic E-state index is -1.39. The Morgan fingerprint density at radius 3 is 3.00 bits per heavy atom. The molecule has 1 unspecified atom stereocenters. The molecule has 0 amide bonds. The van der Waals surface area contributed by atoms with Gasteiger partial charge in [-0.3, -0.25) is 4.90 Å². The van der Waals surface area contributed by atoms with E-state index in [1.807, 2.05) is 18.2 Å². The predicted molar refractivity (Wildman–Crippen MR) is 71.6 cm³/mol. The summed E-state index contributed by atoms with van der Waals surface area (Å²) < 4.78 is 5.40. The van der Waals surface area contributed by atoms with Crippen LogP contribution in [-0.4, -0.2) is 48.4 Å². The molecule has 2 N–H and O–H groups in total. The molecule has 1 fully saturated rings. The Bertz CT molecular complexity index is 386. The van der Waals surface area contributed by atoms with Crippen molar-refractivity contribution in [2.75, 3.05) is 20.2 Å². The minimum absolute atomic E-state index is 0.324. The van der Waals surface area contributed by atoms with Gasteiger partial charge in [0.1, 0.15) is 0 Å². The summed E-state index contributed by atoms with van der Waals surface area (Å²) in [5.74, 6) is 0. The summed E-state index contributed by atoms with van der Waals surface area (Å²) in [6, 6.07) is 7.45. The van der Waals surface area contributed by atoms with Crippen LogP contribution < -0.4 is 5.46 Å². The van der Waals surface area contributed by atoms with E-state index in [0.29, 0.717) is 11.6 Å². The van der Waals surface area contributed by atoms with E-state index in [1.54, 1.807) is 13.2 Å². The van der Waals surface area contributed by atoms with Crippen molar-refractivity contribution in [2.45, 2.75) is 25.5 Å². The highest BCUT2D eigenvalue weighted by molar-refractivity contribution is 6.58. The maximum absolute atomic E-state index is 9.16. The smallest absolute Gasteiger partial charge is 0.423 e. The minimum Gasteiger partial charge on any atom is -0.423 e. The molecule has 1 aliphatic rings. The van der Waals surface area contributed by atoms with E-state index in [4.69, 9.17) is 14.8 Å². The van der Waals surface area contributed by atoms with E-state index in [2.05, 4.69) is 4.90 Å². The van der Waals surface area contributed by atoms with E-state index in [0.717, 1.165) is 38.0 Å². The zero-order chi connectivity index (χ0) is 13.0. The van der Waals surface area contributed by atoms with E-state index in [9.17, 15) is 0 Å². The van der Waals surface area contributed by atoms with Crippen molar-refractivity contribution >= 4 is 12.6 Å². The molecular weight excluding hydrogens is 229 g/mol. The fourth-order valence-corrected chi connectivity index (χ4v) is 2.46. The lowest BCUT2D eigenvalue weighted by Gasteiger charge is -2.31. The summed E-state index contributed by atoms with van der Waals surface area (Å²) in [6.45, 7) is 2.86. The van der Waals surface area contributed by atoms with Crippen molar-refractivity contribution in [1.82, 2.24) is 4.90 Å². The number of rotatable bonds is 4. The van der Waals surface area contributed by atoms with Crippen LogP contribution in [0, 0.1) is 0 Å². The largest absolute Gasteiger partial charge is 0.488 e. The number of hydrogen-bond acceptors (Lipinski definition) is 4. The lowest BCUT2D eigenvalue weighted by atomic mass is 9.79. The van der Waals surface area contributed by atoms with Gasteiger partial charge in [0.15, 0.2) is 0 Å². The Labute approximate surface area is 108 Å². The summed E-state index contributed by atoms with van der Waals surface area (Å²) in [7, 11) is 0.370. The van der Waals surface area contributed by atoms with Gasteiger partial charge in [-0.05, 0) is 30.4 Å². The third-order valence-corrected chi connectivity index (χ3v) is 3.45. The normalized spacial score (nSPS) is 20.9. The zero-order valence-corrected chi connectivity index (χ0v) is 10.7. The molecule has 1 saturated heterocycles. The van der Waals surface area contributed by atoms with Crippen LogP contribution >= 0.6 is 0 Å². The number of hydrogen-bond donors (Lipinski definition) is 2. The van der Waals surface area contributed by atoms with Crippen LogP contribution in [0.5, 0.6) is 0 Å². The first-order valence-electron chi connectivity index (χ1n) is 6.39. The third kappa shape index (κ3) is 3.56. The topological polar surface area (TPSA) is 52.9 Å². The number of piperidine rings is 1. The van der Waals surface area contributed by atoms with Crippen LogP contribution in [0.4, 0.5) is 0 Å². The third-order valence-electron chi connectivity index (χ3n) is 3.45. The second-order valence-electron chi connectivity index (χ2n) is 4.85. The van der Waals surface area contributed by atoms with Crippen LogP contribution in [0.2, 0.25) is 0 Å². The second-order valence-corrected chi connectivity index (χ2v) is 4.85. The first-order chi connectivity index (χ1) is 8.69. The SMILES string of the molecule is COC1CCCN(Cc2cccc(B(O)O)c2)C1. The summed E-state index contributed by atoms with van der Waals surface area (Å²) in [6.07, 6.45) is 2.61. The van der Waals surface area contributed by atoms with Gasteiger partial charge in [0.2, 0.25) is 0 Å². The molecule has 0 saturated carbocycles. The van der Waals surface area contributed by atoms with E-state index in [1.165, 1.54) is 0 Å². The molecule has 98 valence electrons. The molecule has 18 heavy (non-hydrogen) atoms. The van der Waals surface area contributed by atoms with Gasteiger partial charge in [-0.15, -0.1) is 0 Å². The van der Waals surface area contributed by atoms with Crippen LogP contribution in [0.3, 0.4) is 0 Å². The maximum atomic E-state index is 9.16. The van der Waals surface area contributed by atoms with Gasteiger partial charge in [0, 0.05) is 20.2 Å². The number of nitrogens with zero attached hydrogens (tertiary/aromatic N) is 1. The summed E-state index contributed by atoms with van der Waals surface area (Å²) in [5, 5.41) is 18.3. The molecule has 1 aliphatic heterocycles. The molecule has 1 aromatic rings. The predicted octanol–water partition coefficient (Wildman–Crippen LogP) is -0.0228. The molecule has 0 spiro atoms. The van der Waals surface area contributed by atoms with Crippen LogP contribution in [0.15, 0.2) is 24.3 Å². The molecule has 2 rings (SSSR count). The molecule has 1 heterocycles. The molecule has 0 aromatic heterocycles. The van der Waals surface area contributed by atoms with Crippen LogP contribution in [-0.2, 0) is 11.3 Å². The molecule has 4 nitrogen and oxygen atoms in total. The first kappa shape index (κ1) is 13.6. The monoisotopic (exact) mass is 249 g/mol. The molecule has 1 atom stereocenters. The Morgan fingerprint density at radius 1 is 1.44 bits per heavy atom. The Hall–Kier alpha value is -0.875. The van der Waals surface area contributed by atoms with Gasteiger partial charge in [-0.25, -0.2) is 0 Å². The van der Waals surface area contributed by atoms with E-state index in [-0.39, 0.29) is 0 Å². The average Bonchev–Trinajstić information content (AvgIpc) is 2.39. The second kappa shape index (κ2) is 6.34. The van der Waals surface area contributed by atoms with Crippen molar-refractivity contribution in [3.63, 3.8) is 0 Å². The summed E-state index contributed by atoms with van der Waals surface area (Å²) in [4.78, 5) is 2.35. The van der Waals surface area contributed by atoms with Gasteiger partial charge in [0.25, 0.3) is 0 Å². The number of likely N-dealkylation sites (tertiary alicyclic amines) is 1. The zero-order valence-electron chi connectivity index (χ0n) is 10.7. The molecule has 5 heteroatoms. The standard InChI is InChI=1S/C13H20BNO3/c1-18-13-6-3-7-15(10-13)9-11-4-2-5-12(8-11)14(16)17/h2,4-5,8,13,16-17H,3,6-7,9-10H2,1H3. The van der Waals surface area contributed by atoms with Crippen molar-refractivity contribution in [2.24, 2.45) is 0 Å². The molecular formula is C13H20BNO3. The van der Waals surface area contributed by atoms with Crippen molar-refractivity contribution < 1.29 is 14.8 Å². The van der Waals surface area contributed by atoms with Gasteiger partial charge in [0.05, 0.1) is 6.10 Å². The van der Waals surface area contributed by atoms with Gasteiger partial charge < -0.3 is 14.8 Å². The Morgan fingerprint density at radius 2 is 2.28 bits per heavy atom. The average molecular weight is 249 g/mol. The molecule has 0 bridgehead atoms. The molecule has 1 aromatic carbocycles. The van der Waals surface area contributed by atoms with Crippen molar-refractivity contribution in [3.8, 4) is 0 Å². The van der Waals surface area contributed by atoms with Crippen LogP contribution in [0.25, 0.3) is 0 Å². The fourth-order valence-electron chi connectivity index (χ4n) is 2.46. The highest BCUT2D eigenvalue weighted by Crippen LogP contribution is 2.15. The Kier molecular flexibility index (Phi) is 4.77. The lowest BCUT2D eigenvalue weighted by Crippen LogP contribution is -2.39. The number of ether oxygens (including phenoxy) is 1. The first-order valence-corrected chi connectivity index (χ1v) is 6.39. The molecule has 0 aliphatic carbocycles. The lowest BCUT2D eigenvalue weighted by molar-refractivity contribution is 0.0285. The quantitative estimate of drug-likeness (QED) is 0.736. The number of benzene rings is 1. The fraction of sp³-hybridized carbons (Fsp3) is 0.538. The number of methoxy groups -OCH3 is 1. The van der Waals surface area contributed by atoms with Gasteiger partial charge in [-0.2, -0.15) is 0 Å². The maximum Gasteiger partial charge on any atom is 0.488 e. The Balaban J connectivity index is 1.98. The summed E-state index contributed by atoms with van der Waals surface area (Å²) in [5.41, 5.74) is 1.66. The highest BCUT2D eigenvalue weighted by Gasteiger charge is 2.19. The van der Waals surface area contributed by atoms with Gasteiger partial charge >= 0.3 is 7.12 Å². The van der Waals surface area contributed by atoms with Crippen LogP contribution in [0.1, 0.15) is 18.4 Å². The van der Waals surface area contributed by atoms with E-state index >= 15 is 0 Å². The van der Waals surface area contributed by atoms with E-state index < -0.39 is 7.12 Å². The highest BCUT2D eigenvalue weighted by atomic mass is 16.5. The van der Waals surface area contributed by atoms with Crippen molar-refractivity contribution in [1.29, 1.82) is 0 Å². The molecule has 0 radical (unpaired) electrons. The summed E-state index contributed by atoms with van der Waals surface area (Å²) >= 11 is 0.